The molecule has 0 aliphatic heterocycles. The SMILES string of the molecule is Cn1nccc1CCNc1cnc(C#N)cn1. The quantitative estimate of drug-likeness (QED) is 0.834. The summed E-state index contributed by atoms with van der Waals surface area (Å²) >= 11 is 0. The highest BCUT2D eigenvalue weighted by atomic mass is 15.3. The topological polar surface area (TPSA) is 79.4 Å². The third-order valence-corrected chi connectivity index (χ3v) is 2.38. The molecule has 0 saturated heterocycles. The van der Waals surface area contributed by atoms with E-state index in [1.807, 2.05) is 23.9 Å². The van der Waals surface area contributed by atoms with Gasteiger partial charge in [0.25, 0.3) is 0 Å². The molecule has 0 spiro atoms. The Morgan fingerprint density at radius 1 is 1.41 bits per heavy atom. The second kappa shape index (κ2) is 5.07. The fourth-order valence-corrected chi connectivity index (χ4v) is 1.44. The first-order valence-corrected chi connectivity index (χ1v) is 5.22. The van der Waals surface area contributed by atoms with E-state index in [0.29, 0.717) is 11.5 Å². The van der Waals surface area contributed by atoms with Crippen LogP contribution in [0.1, 0.15) is 11.4 Å². The Balaban J connectivity index is 1.86. The number of rotatable bonds is 4. The highest BCUT2D eigenvalue weighted by Crippen LogP contribution is 2.02. The molecule has 0 bridgehead atoms. The number of anilines is 1. The Bertz CT molecular complexity index is 522. The average Bonchev–Trinajstić information content (AvgIpc) is 2.76. The summed E-state index contributed by atoms with van der Waals surface area (Å²) in [6.45, 7) is 0.750. The van der Waals surface area contributed by atoms with Gasteiger partial charge in [-0.05, 0) is 6.07 Å². The van der Waals surface area contributed by atoms with Crippen LogP contribution in [0, 0.1) is 11.3 Å². The molecule has 0 unspecified atom stereocenters. The van der Waals surface area contributed by atoms with E-state index in [-0.39, 0.29) is 0 Å². The maximum Gasteiger partial charge on any atom is 0.158 e. The van der Waals surface area contributed by atoms with E-state index in [9.17, 15) is 0 Å². The number of hydrogen-bond donors (Lipinski definition) is 1. The van der Waals surface area contributed by atoms with Gasteiger partial charge in [0.1, 0.15) is 11.9 Å². The molecule has 86 valence electrons. The van der Waals surface area contributed by atoms with Crippen molar-refractivity contribution in [3.05, 3.63) is 36.0 Å². The van der Waals surface area contributed by atoms with Gasteiger partial charge in [0, 0.05) is 31.9 Å². The zero-order chi connectivity index (χ0) is 12.1. The molecule has 17 heavy (non-hydrogen) atoms. The van der Waals surface area contributed by atoms with E-state index < -0.39 is 0 Å². The van der Waals surface area contributed by atoms with Crippen molar-refractivity contribution in [3.63, 3.8) is 0 Å². The van der Waals surface area contributed by atoms with Gasteiger partial charge in [0.15, 0.2) is 5.69 Å². The van der Waals surface area contributed by atoms with Crippen molar-refractivity contribution >= 4 is 5.82 Å². The van der Waals surface area contributed by atoms with Crippen molar-refractivity contribution in [3.8, 4) is 6.07 Å². The zero-order valence-corrected chi connectivity index (χ0v) is 9.46. The maximum atomic E-state index is 8.58. The molecule has 0 aliphatic rings. The van der Waals surface area contributed by atoms with Crippen LogP contribution in [0.25, 0.3) is 0 Å². The Hall–Kier alpha value is -2.42. The molecule has 0 amide bonds. The van der Waals surface area contributed by atoms with Crippen LogP contribution in [0.4, 0.5) is 5.82 Å². The second-order valence-electron chi connectivity index (χ2n) is 3.52. The lowest BCUT2D eigenvalue weighted by Crippen LogP contribution is -2.09. The number of nitrogens with one attached hydrogen (secondary N) is 1. The van der Waals surface area contributed by atoms with E-state index in [2.05, 4.69) is 20.4 Å². The minimum absolute atomic E-state index is 0.321. The normalized spacial score (nSPS) is 9.88. The summed E-state index contributed by atoms with van der Waals surface area (Å²) in [5.74, 6) is 0.672. The average molecular weight is 228 g/mol. The van der Waals surface area contributed by atoms with Gasteiger partial charge in [-0.25, -0.2) is 9.97 Å². The van der Waals surface area contributed by atoms with Crippen LogP contribution >= 0.6 is 0 Å². The lowest BCUT2D eigenvalue weighted by molar-refractivity contribution is 0.711. The fourth-order valence-electron chi connectivity index (χ4n) is 1.44. The molecule has 6 heteroatoms. The van der Waals surface area contributed by atoms with E-state index in [4.69, 9.17) is 5.26 Å². The molecule has 2 aromatic rings. The van der Waals surface area contributed by atoms with Gasteiger partial charge < -0.3 is 5.32 Å². The monoisotopic (exact) mass is 228 g/mol. The number of aryl methyl sites for hydroxylation is 1. The van der Waals surface area contributed by atoms with Crippen LogP contribution < -0.4 is 5.32 Å². The first kappa shape index (κ1) is 11.1. The molecular weight excluding hydrogens is 216 g/mol. The Labute approximate surface area is 98.9 Å². The predicted octanol–water partition coefficient (Wildman–Crippen LogP) is 0.736. The lowest BCUT2D eigenvalue weighted by Gasteiger charge is -2.05. The smallest absolute Gasteiger partial charge is 0.158 e. The van der Waals surface area contributed by atoms with E-state index in [0.717, 1.165) is 18.7 Å². The van der Waals surface area contributed by atoms with Crippen LogP contribution in [0.15, 0.2) is 24.7 Å². The van der Waals surface area contributed by atoms with Gasteiger partial charge in [-0.1, -0.05) is 0 Å². The van der Waals surface area contributed by atoms with Crippen LogP contribution in [-0.2, 0) is 13.5 Å². The van der Waals surface area contributed by atoms with Crippen molar-refractivity contribution in [1.29, 1.82) is 5.26 Å². The van der Waals surface area contributed by atoms with Gasteiger partial charge in [0.2, 0.25) is 0 Å². The van der Waals surface area contributed by atoms with Crippen molar-refractivity contribution in [2.24, 2.45) is 7.05 Å². The van der Waals surface area contributed by atoms with Gasteiger partial charge in [-0.2, -0.15) is 10.4 Å². The van der Waals surface area contributed by atoms with Gasteiger partial charge in [-0.15, -0.1) is 0 Å². The Morgan fingerprint density at radius 2 is 2.29 bits per heavy atom. The van der Waals surface area contributed by atoms with Gasteiger partial charge >= 0.3 is 0 Å². The van der Waals surface area contributed by atoms with E-state index in [1.165, 1.54) is 6.20 Å². The van der Waals surface area contributed by atoms with Crippen molar-refractivity contribution < 1.29 is 0 Å². The summed E-state index contributed by atoms with van der Waals surface area (Å²) in [5, 5.41) is 15.8. The number of nitrogens with zero attached hydrogens (tertiary/aromatic N) is 5. The number of hydrogen-bond acceptors (Lipinski definition) is 5. The third-order valence-electron chi connectivity index (χ3n) is 2.38. The second-order valence-corrected chi connectivity index (χ2v) is 3.52. The molecule has 0 fully saturated rings. The summed E-state index contributed by atoms with van der Waals surface area (Å²) < 4.78 is 1.84. The minimum Gasteiger partial charge on any atom is -0.368 e. The lowest BCUT2D eigenvalue weighted by atomic mass is 10.3. The molecule has 0 atom stereocenters. The van der Waals surface area contributed by atoms with Gasteiger partial charge in [0.05, 0.1) is 12.4 Å². The largest absolute Gasteiger partial charge is 0.368 e. The molecular formula is C11H12N6. The summed E-state index contributed by atoms with van der Waals surface area (Å²) in [6.07, 6.45) is 5.64. The van der Waals surface area contributed by atoms with Crippen molar-refractivity contribution in [2.45, 2.75) is 6.42 Å². The fraction of sp³-hybridized carbons (Fsp3) is 0.273. The maximum absolute atomic E-state index is 8.58. The first-order chi connectivity index (χ1) is 8.29. The summed E-state index contributed by atoms with van der Waals surface area (Å²) in [7, 11) is 1.91. The molecule has 2 heterocycles. The molecule has 2 rings (SSSR count). The molecule has 0 aliphatic carbocycles. The van der Waals surface area contributed by atoms with Crippen LogP contribution in [0.5, 0.6) is 0 Å². The Morgan fingerprint density at radius 3 is 2.88 bits per heavy atom. The van der Waals surface area contributed by atoms with Crippen molar-refractivity contribution in [2.75, 3.05) is 11.9 Å². The van der Waals surface area contributed by atoms with Crippen LogP contribution in [0.2, 0.25) is 0 Å². The summed E-state index contributed by atoms with van der Waals surface area (Å²) in [4.78, 5) is 8.00. The standard InChI is InChI=1S/C11H12N6/c1-17-10(3-5-16-17)2-4-13-11-8-14-9(6-12)7-15-11/h3,5,7-8H,2,4H2,1H3,(H,13,15). The Kier molecular flexibility index (Phi) is 3.31. The number of aromatic nitrogens is 4. The van der Waals surface area contributed by atoms with Crippen LogP contribution in [-0.4, -0.2) is 26.3 Å². The molecule has 0 aromatic carbocycles. The van der Waals surface area contributed by atoms with Crippen molar-refractivity contribution in [1.82, 2.24) is 19.7 Å². The molecule has 0 radical (unpaired) electrons. The first-order valence-electron chi connectivity index (χ1n) is 5.22. The zero-order valence-electron chi connectivity index (χ0n) is 9.46. The summed E-state index contributed by atoms with van der Waals surface area (Å²) in [5.41, 5.74) is 1.47. The molecule has 0 saturated carbocycles. The molecule has 1 N–H and O–H groups in total. The van der Waals surface area contributed by atoms with Crippen LogP contribution in [0.3, 0.4) is 0 Å². The summed E-state index contributed by atoms with van der Waals surface area (Å²) in [6, 6.07) is 3.91. The highest BCUT2D eigenvalue weighted by molar-refractivity contribution is 5.33. The van der Waals surface area contributed by atoms with E-state index >= 15 is 0 Å². The highest BCUT2D eigenvalue weighted by Gasteiger charge is 1.99. The van der Waals surface area contributed by atoms with Gasteiger partial charge in [-0.3, -0.25) is 4.68 Å². The van der Waals surface area contributed by atoms with E-state index in [1.54, 1.807) is 12.4 Å². The molecule has 2 aromatic heterocycles. The predicted molar refractivity (Wildman–Crippen MR) is 62.1 cm³/mol. The third kappa shape index (κ3) is 2.78. The minimum atomic E-state index is 0.321. The molecule has 6 nitrogen and oxygen atoms in total. The number of nitriles is 1.